The van der Waals surface area contributed by atoms with Crippen LogP contribution in [-0.2, 0) is 10.1 Å². The van der Waals surface area contributed by atoms with E-state index < -0.39 is 6.29 Å². The summed E-state index contributed by atoms with van der Waals surface area (Å²) < 4.78 is 0. The average molecular weight is 331 g/mol. The first kappa shape index (κ1) is 16.5. The maximum absolute atomic E-state index is 8.56. The van der Waals surface area contributed by atoms with Gasteiger partial charge in [-0.3, -0.25) is 0 Å². The van der Waals surface area contributed by atoms with Crippen LogP contribution < -0.4 is 4.98 Å². The van der Waals surface area contributed by atoms with E-state index in [4.69, 9.17) is 20.7 Å². The second-order valence-electron chi connectivity index (χ2n) is 1.86. The summed E-state index contributed by atoms with van der Waals surface area (Å²) in [6, 6.07) is 3.33. The van der Waals surface area contributed by atoms with Gasteiger partial charge in [-0.05, 0) is 16.1 Å². The van der Waals surface area contributed by atoms with E-state index in [1.165, 1.54) is 6.20 Å². The first-order valence-electron chi connectivity index (χ1n) is 3.16. The van der Waals surface area contributed by atoms with Crippen molar-refractivity contribution in [2.24, 2.45) is 0 Å². The summed E-state index contributed by atoms with van der Waals surface area (Å²) in [5, 5.41) is 36.1. The second-order valence-corrected chi connectivity index (χ2v) is 1.86. The van der Waals surface area contributed by atoms with E-state index in [0.29, 0.717) is 5.56 Å². The Balaban J connectivity index is 0. The number of pyridine rings is 1. The largest absolute Gasteiger partial charge is 3.00 e. The number of hydrogen-bond donors (Lipinski definition) is 4. The Kier molecular flexibility index (Phi) is 13.2. The van der Waals surface area contributed by atoms with E-state index in [2.05, 4.69) is 15.1 Å². The number of aromatic nitrogens is 1. The van der Waals surface area contributed by atoms with Gasteiger partial charge in [-0.15, -0.1) is 0 Å². The maximum atomic E-state index is 8.56. The smallest absolute Gasteiger partial charge is 0.364 e. The Bertz CT molecular complexity index is 207. The SMILES string of the molecule is OC(O)c1ccc[nH+]c1.OOOO.[La+3]. The maximum Gasteiger partial charge on any atom is 3.00 e. The van der Waals surface area contributed by atoms with E-state index >= 15 is 0 Å². The van der Waals surface area contributed by atoms with Crippen LogP contribution in [0.3, 0.4) is 0 Å². The fourth-order valence-electron chi connectivity index (χ4n) is 0.568. The number of aliphatic hydroxyl groups excluding tert-OH is 1. The molecule has 8 heteroatoms. The van der Waals surface area contributed by atoms with Gasteiger partial charge in [0.15, 0.2) is 18.7 Å². The average Bonchev–Trinajstić information content (AvgIpc) is 2.19. The van der Waals surface area contributed by atoms with E-state index in [1.807, 2.05) is 0 Å². The fraction of sp³-hybridized carbons (Fsp3) is 0.167. The van der Waals surface area contributed by atoms with Gasteiger partial charge >= 0.3 is 35.6 Å². The van der Waals surface area contributed by atoms with E-state index in [-0.39, 0.29) is 35.6 Å². The Labute approximate surface area is 107 Å². The Morgan fingerprint density at radius 3 is 2.00 bits per heavy atom. The first-order chi connectivity index (χ1) is 6.22. The van der Waals surface area contributed by atoms with Gasteiger partial charge in [0.05, 0.1) is 5.56 Å². The normalized spacial score (nSPS) is 8.64. The van der Waals surface area contributed by atoms with Gasteiger partial charge in [-0.25, -0.2) is 15.5 Å². The molecule has 0 aromatic carbocycles. The molecule has 0 atom stereocenters. The molecule has 14 heavy (non-hydrogen) atoms. The third-order valence-electron chi connectivity index (χ3n) is 1.06. The van der Waals surface area contributed by atoms with Gasteiger partial charge in [-0.1, -0.05) is 0 Å². The van der Waals surface area contributed by atoms with Crippen LogP contribution >= 0.6 is 0 Å². The first-order valence-corrected chi connectivity index (χ1v) is 3.16. The predicted molar refractivity (Wildman–Crippen MR) is 37.6 cm³/mol. The molecule has 0 bridgehead atoms. The molecule has 5 N–H and O–H groups in total. The number of H-pyrrole nitrogens is 1. The molecular formula is C6H10LaNO6+4. The van der Waals surface area contributed by atoms with Crippen LogP contribution in [0.15, 0.2) is 24.5 Å². The van der Waals surface area contributed by atoms with Crippen molar-refractivity contribution < 1.29 is 71.4 Å². The van der Waals surface area contributed by atoms with Crippen LogP contribution in [0.5, 0.6) is 0 Å². The molecule has 0 saturated carbocycles. The Morgan fingerprint density at radius 2 is 1.79 bits per heavy atom. The van der Waals surface area contributed by atoms with Crippen LogP contribution in [0.2, 0.25) is 0 Å². The number of aliphatic hydroxyl groups is 2. The summed E-state index contributed by atoms with van der Waals surface area (Å²) in [7, 11) is 0. The van der Waals surface area contributed by atoms with Gasteiger partial charge < -0.3 is 10.2 Å². The van der Waals surface area contributed by atoms with Crippen molar-refractivity contribution in [1.82, 2.24) is 0 Å². The molecule has 0 aliphatic heterocycles. The zero-order chi connectivity index (χ0) is 10.1. The summed E-state index contributed by atoms with van der Waals surface area (Å²) in [5.41, 5.74) is 0.470. The van der Waals surface area contributed by atoms with Crippen LogP contribution in [0.4, 0.5) is 0 Å². The minimum absolute atomic E-state index is 0. The van der Waals surface area contributed by atoms with Crippen molar-refractivity contribution in [3.8, 4) is 0 Å². The molecule has 1 aromatic heterocycles. The molecule has 0 aliphatic rings. The van der Waals surface area contributed by atoms with Gasteiger partial charge in [0, 0.05) is 6.07 Å². The van der Waals surface area contributed by atoms with Crippen molar-refractivity contribution in [3.05, 3.63) is 30.1 Å². The molecule has 0 saturated heterocycles. The molecule has 1 rings (SSSR count). The Hall–Kier alpha value is 0.105. The molecule has 74 valence electrons. The molecule has 0 aliphatic carbocycles. The molecule has 0 fully saturated rings. The minimum Gasteiger partial charge on any atom is -0.364 e. The predicted octanol–water partition coefficient (Wildman–Crippen LogP) is -0.636. The van der Waals surface area contributed by atoms with Gasteiger partial charge in [0.1, 0.15) is 0 Å². The van der Waals surface area contributed by atoms with Gasteiger partial charge in [-0.2, -0.15) is 0 Å². The van der Waals surface area contributed by atoms with Gasteiger partial charge in [0.2, 0.25) is 0 Å². The summed E-state index contributed by atoms with van der Waals surface area (Å²) in [4.78, 5) is 2.72. The fourth-order valence-corrected chi connectivity index (χ4v) is 0.568. The van der Waals surface area contributed by atoms with Crippen LogP contribution in [0.25, 0.3) is 0 Å². The van der Waals surface area contributed by atoms with E-state index in [1.54, 1.807) is 18.3 Å². The molecule has 0 spiro atoms. The van der Waals surface area contributed by atoms with E-state index in [0.717, 1.165) is 0 Å². The molecule has 7 nitrogen and oxygen atoms in total. The Morgan fingerprint density at radius 1 is 1.21 bits per heavy atom. The zero-order valence-electron chi connectivity index (χ0n) is 7.07. The van der Waals surface area contributed by atoms with Gasteiger partial charge in [0.25, 0.3) is 0 Å². The summed E-state index contributed by atoms with van der Waals surface area (Å²) in [6.07, 6.45) is 1.86. The summed E-state index contributed by atoms with van der Waals surface area (Å²) >= 11 is 0. The number of rotatable bonds is 2. The molecule has 0 amide bonds. The number of hydrogen-bond acceptors (Lipinski definition) is 6. The van der Waals surface area contributed by atoms with E-state index in [9.17, 15) is 0 Å². The topological polar surface area (TPSA) is 114 Å². The standard InChI is InChI=1S/C6H7NO2.La.H2O4/c8-6(9)5-2-1-3-7-4-5;;1-3-4-2/h1-4,6,8-9H;;1-2H/q;+3;/p+1. The van der Waals surface area contributed by atoms with Crippen molar-refractivity contribution in [2.75, 3.05) is 0 Å². The molecule has 1 aromatic rings. The van der Waals surface area contributed by atoms with Crippen LogP contribution in [0.1, 0.15) is 11.9 Å². The van der Waals surface area contributed by atoms with Crippen molar-refractivity contribution >= 4 is 0 Å². The minimum atomic E-state index is -1.37. The van der Waals surface area contributed by atoms with Crippen LogP contribution in [-0.4, -0.2) is 20.7 Å². The second kappa shape index (κ2) is 11.2. The zero-order valence-corrected chi connectivity index (χ0v) is 10.7. The number of nitrogens with one attached hydrogen (secondary N) is 1. The van der Waals surface area contributed by atoms with Crippen molar-refractivity contribution in [2.45, 2.75) is 6.29 Å². The monoisotopic (exact) mass is 331 g/mol. The third kappa shape index (κ3) is 8.69. The molecule has 0 unspecified atom stereocenters. The van der Waals surface area contributed by atoms with Crippen molar-refractivity contribution in [3.63, 3.8) is 0 Å². The third-order valence-corrected chi connectivity index (χ3v) is 1.06. The molecular weight excluding hydrogens is 321 g/mol. The number of aromatic amines is 1. The molecule has 0 radical (unpaired) electrons. The molecule has 1 heterocycles. The van der Waals surface area contributed by atoms with Crippen molar-refractivity contribution in [1.29, 1.82) is 0 Å². The quantitative estimate of drug-likeness (QED) is 0.326. The summed E-state index contributed by atoms with van der Waals surface area (Å²) in [6.45, 7) is 0. The summed E-state index contributed by atoms with van der Waals surface area (Å²) in [5.74, 6) is 0. The van der Waals surface area contributed by atoms with Crippen LogP contribution in [0, 0.1) is 35.6 Å².